The summed E-state index contributed by atoms with van der Waals surface area (Å²) in [5.74, 6) is -0.980. The van der Waals surface area contributed by atoms with Gasteiger partial charge in [0.2, 0.25) is 11.0 Å². The normalized spacial score (nSPS) is 14.6. The smallest absolute Gasteiger partial charge is 0.326 e. The van der Waals surface area contributed by atoms with E-state index < -0.39 is 17.5 Å². The fraction of sp³-hybridized carbons (Fsp3) is 0.571. The van der Waals surface area contributed by atoms with Crippen LogP contribution in [0.1, 0.15) is 77.1 Å². The lowest BCUT2D eigenvalue weighted by molar-refractivity contribution is -0.160. The summed E-state index contributed by atoms with van der Waals surface area (Å²) in [6.45, 7) is 12.3. The van der Waals surface area contributed by atoms with Crippen LogP contribution in [0.3, 0.4) is 0 Å². The van der Waals surface area contributed by atoms with Crippen molar-refractivity contribution in [2.75, 3.05) is 18.9 Å². The number of allylic oxidation sites excluding steroid dienone is 1. The van der Waals surface area contributed by atoms with Gasteiger partial charge in [0.25, 0.3) is 0 Å². The molecule has 0 heterocycles. The van der Waals surface area contributed by atoms with Gasteiger partial charge in [0.1, 0.15) is 22.9 Å². The molecule has 1 aromatic rings. The van der Waals surface area contributed by atoms with Crippen LogP contribution in [0.25, 0.3) is 0 Å². The largest absolute Gasteiger partial charge is 0.483 e. The molecule has 7 nitrogen and oxygen atoms in total. The molecule has 1 atom stereocenters. The SMILES string of the molecule is C=C(CC)C(=O)c1ccc(OCC(=O)SCC(C)C(=O)N(CC(=O)OC(C)(C)C)C2CCCC2)c(Cl)c1Cl. The molecule has 2 rings (SSSR count). The van der Waals surface area contributed by atoms with E-state index >= 15 is 0 Å². The Morgan fingerprint density at radius 3 is 2.34 bits per heavy atom. The van der Waals surface area contributed by atoms with Crippen LogP contribution in [0.5, 0.6) is 5.75 Å². The first-order valence-corrected chi connectivity index (χ1v) is 14.5. The Balaban J connectivity index is 1.95. The van der Waals surface area contributed by atoms with Gasteiger partial charge in [-0.3, -0.25) is 19.2 Å². The molecule has 0 aliphatic heterocycles. The minimum Gasteiger partial charge on any atom is -0.483 e. The molecular weight excluding hydrogens is 549 g/mol. The molecule has 1 aromatic carbocycles. The minimum atomic E-state index is -0.636. The molecule has 38 heavy (non-hydrogen) atoms. The second kappa shape index (κ2) is 14.4. The number of nitrogens with zero attached hydrogens (tertiary/aromatic N) is 1. The van der Waals surface area contributed by atoms with Crippen LogP contribution in [0.2, 0.25) is 10.0 Å². The second-order valence-electron chi connectivity index (χ2n) is 10.4. The molecule has 210 valence electrons. The van der Waals surface area contributed by atoms with Crippen LogP contribution in [0.4, 0.5) is 0 Å². The number of carbonyl (C=O) groups is 4. The minimum absolute atomic E-state index is 0.00209. The second-order valence-corrected chi connectivity index (χ2v) is 12.2. The average molecular weight is 587 g/mol. The number of rotatable bonds is 12. The first-order valence-electron chi connectivity index (χ1n) is 12.8. The molecule has 0 saturated heterocycles. The predicted octanol–water partition coefficient (Wildman–Crippen LogP) is 6.53. The Kier molecular flexibility index (Phi) is 12.2. The van der Waals surface area contributed by atoms with Crippen LogP contribution < -0.4 is 4.74 Å². The Labute approximate surface area is 239 Å². The van der Waals surface area contributed by atoms with Crippen molar-refractivity contribution < 1.29 is 28.7 Å². The molecule has 0 aromatic heterocycles. The monoisotopic (exact) mass is 585 g/mol. The van der Waals surface area contributed by atoms with E-state index in [1.165, 1.54) is 12.1 Å². The van der Waals surface area contributed by atoms with Gasteiger partial charge < -0.3 is 14.4 Å². The molecule has 1 aliphatic rings. The van der Waals surface area contributed by atoms with Gasteiger partial charge in [0.05, 0.1) is 5.02 Å². The number of esters is 1. The number of benzene rings is 1. The quantitative estimate of drug-likeness (QED) is 0.156. The van der Waals surface area contributed by atoms with Crippen molar-refractivity contribution in [2.45, 2.75) is 78.4 Å². The highest BCUT2D eigenvalue weighted by Gasteiger charge is 2.32. The molecule has 0 radical (unpaired) electrons. The molecule has 0 N–H and O–H groups in total. The van der Waals surface area contributed by atoms with Crippen LogP contribution >= 0.6 is 35.0 Å². The van der Waals surface area contributed by atoms with Gasteiger partial charge in [0, 0.05) is 23.3 Å². The van der Waals surface area contributed by atoms with Crippen molar-refractivity contribution in [3.8, 4) is 5.75 Å². The zero-order chi connectivity index (χ0) is 28.6. The van der Waals surface area contributed by atoms with Gasteiger partial charge in [-0.05, 0) is 57.7 Å². The van der Waals surface area contributed by atoms with Gasteiger partial charge in [0.15, 0.2) is 12.4 Å². The highest BCUT2D eigenvalue weighted by molar-refractivity contribution is 8.13. The number of hydrogen-bond acceptors (Lipinski definition) is 7. The maximum absolute atomic E-state index is 13.3. The van der Waals surface area contributed by atoms with Crippen LogP contribution in [-0.2, 0) is 19.1 Å². The molecule has 1 unspecified atom stereocenters. The molecule has 1 amide bonds. The van der Waals surface area contributed by atoms with Gasteiger partial charge in [-0.1, -0.05) is 68.2 Å². The van der Waals surface area contributed by atoms with E-state index in [1.807, 2.05) is 6.92 Å². The van der Waals surface area contributed by atoms with E-state index in [0.717, 1.165) is 37.4 Å². The Bertz CT molecular complexity index is 1060. The average Bonchev–Trinajstić information content (AvgIpc) is 3.39. The molecule has 0 spiro atoms. The van der Waals surface area contributed by atoms with E-state index in [4.69, 9.17) is 32.7 Å². The number of amides is 1. The summed E-state index contributed by atoms with van der Waals surface area (Å²) in [5, 5.41) is -0.215. The highest BCUT2D eigenvalue weighted by atomic mass is 35.5. The Morgan fingerprint density at radius 1 is 1.13 bits per heavy atom. The fourth-order valence-corrected chi connectivity index (χ4v) is 5.22. The molecule has 1 aliphatic carbocycles. The van der Waals surface area contributed by atoms with Crippen molar-refractivity contribution in [1.82, 2.24) is 4.90 Å². The maximum Gasteiger partial charge on any atom is 0.326 e. The lowest BCUT2D eigenvalue weighted by atomic mass is 10.0. The van der Waals surface area contributed by atoms with Gasteiger partial charge in [-0.2, -0.15) is 0 Å². The number of carbonyl (C=O) groups excluding carboxylic acids is 4. The van der Waals surface area contributed by atoms with E-state index in [-0.39, 0.29) is 63.1 Å². The lowest BCUT2D eigenvalue weighted by Gasteiger charge is -2.31. The number of halogens is 2. The summed E-state index contributed by atoms with van der Waals surface area (Å²) >= 11 is 13.5. The third kappa shape index (κ3) is 9.31. The topological polar surface area (TPSA) is 90.0 Å². The van der Waals surface area contributed by atoms with Crippen LogP contribution in [0.15, 0.2) is 24.3 Å². The van der Waals surface area contributed by atoms with E-state index in [1.54, 1.807) is 32.6 Å². The van der Waals surface area contributed by atoms with E-state index in [2.05, 4.69) is 6.58 Å². The standard InChI is InChI=1S/C28H37Cl2NO6S/c1-7-17(2)26(34)20-12-13-21(25(30)24(20)29)36-15-23(33)38-16-18(3)27(35)31(19-10-8-9-11-19)14-22(32)37-28(4,5)6/h12-13,18-19H,2,7-11,14-16H2,1,3-6H3. The van der Waals surface area contributed by atoms with Crippen molar-refractivity contribution in [3.63, 3.8) is 0 Å². The van der Waals surface area contributed by atoms with Crippen molar-refractivity contribution >= 4 is 57.7 Å². The first kappa shape index (κ1) is 32.2. The van der Waals surface area contributed by atoms with Gasteiger partial charge >= 0.3 is 5.97 Å². The summed E-state index contributed by atoms with van der Waals surface area (Å²) in [5.41, 5.74) is -0.00538. The number of ether oxygens (including phenoxy) is 2. The fourth-order valence-electron chi connectivity index (χ4n) is 4.04. The Morgan fingerprint density at radius 2 is 1.76 bits per heavy atom. The summed E-state index contributed by atoms with van der Waals surface area (Å²) in [4.78, 5) is 52.2. The predicted molar refractivity (Wildman–Crippen MR) is 152 cm³/mol. The molecule has 0 bridgehead atoms. The molecule has 10 heteroatoms. The zero-order valence-electron chi connectivity index (χ0n) is 22.7. The molecule has 1 fully saturated rings. The maximum atomic E-state index is 13.3. The first-order chi connectivity index (χ1) is 17.7. The molecular formula is C28H37Cl2NO6S. The van der Waals surface area contributed by atoms with Gasteiger partial charge in [-0.25, -0.2) is 0 Å². The number of Topliss-reactive ketones (excluding diaryl/α,β-unsaturated/α-hetero) is 1. The number of ketones is 1. The number of hydrogen-bond donors (Lipinski definition) is 0. The van der Waals surface area contributed by atoms with Crippen molar-refractivity contribution in [3.05, 3.63) is 39.9 Å². The van der Waals surface area contributed by atoms with Gasteiger partial charge in [-0.15, -0.1) is 0 Å². The van der Waals surface area contributed by atoms with Crippen molar-refractivity contribution in [2.24, 2.45) is 5.92 Å². The van der Waals surface area contributed by atoms with Crippen LogP contribution in [0, 0.1) is 5.92 Å². The molecule has 1 saturated carbocycles. The summed E-state index contributed by atoms with van der Waals surface area (Å²) in [6.07, 6.45) is 4.20. The Hall–Kier alpha value is -2.03. The number of thioether (sulfide) groups is 1. The zero-order valence-corrected chi connectivity index (χ0v) is 25.1. The summed E-state index contributed by atoms with van der Waals surface area (Å²) in [6, 6.07) is 2.98. The van der Waals surface area contributed by atoms with E-state index in [0.29, 0.717) is 12.0 Å². The third-order valence-corrected chi connectivity index (χ3v) is 8.04. The van der Waals surface area contributed by atoms with E-state index in [9.17, 15) is 19.2 Å². The van der Waals surface area contributed by atoms with Crippen LogP contribution in [-0.4, -0.2) is 58.2 Å². The summed E-state index contributed by atoms with van der Waals surface area (Å²) in [7, 11) is 0. The lowest BCUT2D eigenvalue weighted by Crippen LogP contribution is -2.46. The highest BCUT2D eigenvalue weighted by Crippen LogP contribution is 2.36. The third-order valence-electron chi connectivity index (χ3n) is 6.07. The summed E-state index contributed by atoms with van der Waals surface area (Å²) < 4.78 is 11.0. The van der Waals surface area contributed by atoms with Crippen molar-refractivity contribution in [1.29, 1.82) is 0 Å².